The van der Waals surface area contributed by atoms with E-state index in [1.54, 1.807) is 19.1 Å². The second-order valence-electron chi connectivity index (χ2n) is 8.91. The molecule has 40 heavy (non-hydrogen) atoms. The van der Waals surface area contributed by atoms with Crippen LogP contribution in [-0.2, 0) is 33.8 Å². The summed E-state index contributed by atoms with van der Waals surface area (Å²) in [4.78, 5) is 38.6. The van der Waals surface area contributed by atoms with Crippen LogP contribution in [0, 0.1) is 6.92 Å². The predicted octanol–water partition coefficient (Wildman–Crippen LogP) is 5.55. The minimum absolute atomic E-state index is 0.215. The summed E-state index contributed by atoms with van der Waals surface area (Å²) in [5.74, 6) is -1.35. The van der Waals surface area contributed by atoms with Crippen LogP contribution in [0.5, 0.6) is 11.5 Å². The van der Waals surface area contributed by atoms with E-state index in [1.807, 2.05) is 38.1 Å². The van der Waals surface area contributed by atoms with Crippen molar-refractivity contribution in [3.63, 3.8) is 0 Å². The Labute approximate surface area is 245 Å². The zero-order chi connectivity index (χ0) is 28.6. The highest BCUT2D eigenvalue weighted by molar-refractivity contribution is 9.10. The van der Waals surface area contributed by atoms with Gasteiger partial charge >= 0.3 is 17.8 Å². The number of nitrogens with zero attached hydrogens (tertiary/aromatic N) is 1. The first-order valence-electron chi connectivity index (χ1n) is 12.9. The van der Waals surface area contributed by atoms with Crippen molar-refractivity contribution < 1.29 is 28.6 Å². The van der Waals surface area contributed by atoms with Crippen LogP contribution in [0.3, 0.4) is 0 Å². The number of nitrogens with one attached hydrogen (secondary N) is 2. The van der Waals surface area contributed by atoms with Gasteiger partial charge in [-0.2, -0.15) is 5.10 Å². The summed E-state index contributed by atoms with van der Waals surface area (Å²) < 4.78 is 17.7. The molecule has 9 nitrogen and oxygen atoms in total. The van der Waals surface area contributed by atoms with Gasteiger partial charge in [-0.05, 0) is 90.4 Å². The first-order chi connectivity index (χ1) is 19.3. The van der Waals surface area contributed by atoms with Crippen LogP contribution in [0.25, 0.3) is 0 Å². The number of halogens is 1. The molecule has 0 spiro atoms. The lowest BCUT2D eigenvalue weighted by molar-refractivity contribution is -0.136. The number of rotatable bonds is 10. The van der Waals surface area contributed by atoms with Crippen LogP contribution >= 0.6 is 27.3 Å². The molecule has 0 atom stereocenters. The van der Waals surface area contributed by atoms with Gasteiger partial charge in [0.05, 0.1) is 29.5 Å². The molecule has 0 fully saturated rings. The predicted molar refractivity (Wildman–Crippen MR) is 157 cm³/mol. The fraction of sp³-hybridized carbons (Fsp3) is 0.310. The molecule has 2 N–H and O–H groups in total. The number of amides is 2. The maximum absolute atomic E-state index is 12.6. The number of anilines is 1. The Balaban J connectivity index is 1.42. The van der Waals surface area contributed by atoms with Crippen molar-refractivity contribution in [1.29, 1.82) is 0 Å². The van der Waals surface area contributed by atoms with Crippen LogP contribution in [0.4, 0.5) is 5.00 Å². The Bertz CT molecular complexity index is 1450. The third-order valence-electron chi connectivity index (χ3n) is 6.18. The van der Waals surface area contributed by atoms with Crippen LogP contribution in [0.15, 0.2) is 46.0 Å². The van der Waals surface area contributed by atoms with E-state index in [-0.39, 0.29) is 6.61 Å². The van der Waals surface area contributed by atoms with Crippen molar-refractivity contribution in [2.75, 3.05) is 18.5 Å². The first-order valence-corrected chi connectivity index (χ1v) is 14.5. The lowest BCUT2D eigenvalue weighted by atomic mass is 10.1. The minimum Gasteiger partial charge on any atom is -0.490 e. The van der Waals surface area contributed by atoms with E-state index in [1.165, 1.54) is 17.6 Å². The summed E-state index contributed by atoms with van der Waals surface area (Å²) in [5, 5.41) is 6.80. The quantitative estimate of drug-likeness (QED) is 0.132. The Morgan fingerprint density at radius 2 is 1.88 bits per heavy atom. The molecule has 0 saturated heterocycles. The van der Waals surface area contributed by atoms with E-state index < -0.39 is 17.8 Å². The van der Waals surface area contributed by atoms with Crippen molar-refractivity contribution in [2.24, 2.45) is 5.10 Å². The fourth-order valence-corrected chi connectivity index (χ4v) is 6.12. The topological polar surface area (TPSA) is 115 Å². The van der Waals surface area contributed by atoms with Crippen LogP contribution in [0.1, 0.15) is 57.8 Å². The molecule has 4 rings (SSSR count). The fourth-order valence-electron chi connectivity index (χ4n) is 4.28. The van der Waals surface area contributed by atoms with Gasteiger partial charge in [0.15, 0.2) is 11.5 Å². The third kappa shape index (κ3) is 6.89. The smallest absolute Gasteiger partial charge is 0.341 e. The molecule has 0 radical (unpaired) electrons. The van der Waals surface area contributed by atoms with Gasteiger partial charge in [-0.25, -0.2) is 10.2 Å². The first kappa shape index (κ1) is 29.3. The van der Waals surface area contributed by atoms with Gasteiger partial charge in [-0.1, -0.05) is 24.3 Å². The molecular weight excluding hydrogens is 598 g/mol. The second kappa shape index (κ2) is 13.6. The standard InChI is InChI=1S/C29H30BrN3O6S/c1-4-37-22-14-18(13-21(30)25(22)39-16-19-10-7-6-9-17(19)3)15-31-33-27(35)26(34)32-28-24(29(36)38-5-2)20-11-8-12-23(20)40-28/h6-7,9-10,13-15H,4-5,8,11-12,16H2,1-3H3,(H,32,34)(H,33,35)/b31-15+. The van der Waals surface area contributed by atoms with Gasteiger partial charge in [0.25, 0.3) is 0 Å². The van der Waals surface area contributed by atoms with Gasteiger partial charge in [0.1, 0.15) is 11.6 Å². The lowest BCUT2D eigenvalue weighted by Crippen LogP contribution is -2.32. The summed E-state index contributed by atoms with van der Waals surface area (Å²) in [6.07, 6.45) is 3.90. The Morgan fingerprint density at radius 3 is 2.62 bits per heavy atom. The van der Waals surface area contributed by atoms with Crippen molar-refractivity contribution >= 4 is 56.3 Å². The molecule has 210 valence electrons. The maximum atomic E-state index is 12.6. The van der Waals surface area contributed by atoms with Crippen molar-refractivity contribution in [1.82, 2.24) is 5.43 Å². The van der Waals surface area contributed by atoms with E-state index in [9.17, 15) is 14.4 Å². The number of carbonyl (C=O) groups excluding carboxylic acids is 3. The van der Waals surface area contributed by atoms with E-state index >= 15 is 0 Å². The molecule has 1 heterocycles. The highest BCUT2D eigenvalue weighted by Crippen LogP contribution is 2.40. The lowest BCUT2D eigenvalue weighted by Gasteiger charge is -2.15. The van der Waals surface area contributed by atoms with E-state index in [4.69, 9.17) is 14.2 Å². The van der Waals surface area contributed by atoms with Gasteiger partial charge < -0.3 is 19.5 Å². The summed E-state index contributed by atoms with van der Waals surface area (Å²) in [6, 6.07) is 11.5. The molecule has 0 unspecified atom stereocenters. The Hall–Kier alpha value is -3.70. The molecule has 2 aromatic carbocycles. The highest BCUT2D eigenvalue weighted by Gasteiger charge is 2.29. The van der Waals surface area contributed by atoms with E-state index in [0.29, 0.717) is 45.3 Å². The molecule has 1 aromatic heterocycles. The number of hydrazone groups is 1. The number of thiophene rings is 1. The zero-order valence-corrected chi connectivity index (χ0v) is 24.9. The van der Waals surface area contributed by atoms with Crippen molar-refractivity contribution in [3.8, 4) is 11.5 Å². The van der Waals surface area contributed by atoms with Crippen molar-refractivity contribution in [2.45, 2.75) is 46.6 Å². The monoisotopic (exact) mass is 627 g/mol. The molecule has 0 bridgehead atoms. The zero-order valence-electron chi connectivity index (χ0n) is 22.5. The van der Waals surface area contributed by atoms with Crippen LogP contribution < -0.4 is 20.2 Å². The molecule has 0 aliphatic heterocycles. The number of hydrogen-bond donors (Lipinski definition) is 2. The van der Waals surface area contributed by atoms with Crippen molar-refractivity contribution in [3.05, 3.63) is 73.6 Å². The number of esters is 1. The van der Waals surface area contributed by atoms with Crippen LogP contribution in [0.2, 0.25) is 0 Å². The Kier molecular flexibility index (Phi) is 9.94. The molecule has 1 aliphatic rings. The summed E-state index contributed by atoms with van der Waals surface area (Å²) >= 11 is 4.83. The van der Waals surface area contributed by atoms with Gasteiger partial charge in [0, 0.05) is 4.88 Å². The van der Waals surface area contributed by atoms with E-state index in [2.05, 4.69) is 31.8 Å². The molecule has 1 aliphatic carbocycles. The number of fused-ring (bicyclic) bond motifs is 1. The number of benzene rings is 2. The second-order valence-corrected chi connectivity index (χ2v) is 10.9. The largest absolute Gasteiger partial charge is 0.490 e. The Morgan fingerprint density at radius 1 is 1.07 bits per heavy atom. The number of aryl methyl sites for hydroxylation is 2. The van der Waals surface area contributed by atoms with Gasteiger partial charge in [0.2, 0.25) is 0 Å². The number of hydrogen-bond acceptors (Lipinski definition) is 8. The summed E-state index contributed by atoms with van der Waals surface area (Å²) in [5.41, 5.74) is 6.25. The molecule has 11 heteroatoms. The third-order valence-corrected chi connectivity index (χ3v) is 7.98. The molecular formula is C29H30BrN3O6S. The normalized spacial score (nSPS) is 12.2. The minimum atomic E-state index is -0.970. The van der Waals surface area contributed by atoms with Crippen LogP contribution in [-0.4, -0.2) is 37.2 Å². The van der Waals surface area contributed by atoms with Gasteiger partial charge in [-0.3, -0.25) is 9.59 Å². The number of carbonyl (C=O) groups is 3. The molecule has 0 saturated carbocycles. The van der Waals surface area contributed by atoms with Gasteiger partial charge in [-0.15, -0.1) is 11.3 Å². The SMILES string of the molecule is CCOC(=O)c1c(NC(=O)C(=O)N/N=C/c2cc(Br)c(OCc3ccccc3C)c(OCC)c2)sc2c1CCC2. The summed E-state index contributed by atoms with van der Waals surface area (Å²) in [6.45, 7) is 6.62. The summed E-state index contributed by atoms with van der Waals surface area (Å²) in [7, 11) is 0. The highest BCUT2D eigenvalue weighted by atomic mass is 79.9. The molecule has 3 aromatic rings. The van der Waals surface area contributed by atoms with E-state index in [0.717, 1.165) is 40.8 Å². The maximum Gasteiger partial charge on any atom is 0.341 e. The average molecular weight is 629 g/mol. The number of ether oxygens (including phenoxy) is 3. The molecule has 2 amide bonds. The average Bonchev–Trinajstić information content (AvgIpc) is 3.50.